The van der Waals surface area contributed by atoms with E-state index in [-0.39, 0.29) is 29.6 Å². The molecule has 0 saturated carbocycles. The molecule has 0 aliphatic carbocycles. The first-order valence-electron chi connectivity index (χ1n) is 10.1. The van der Waals surface area contributed by atoms with Crippen molar-refractivity contribution in [3.63, 3.8) is 0 Å². The molecule has 2 saturated heterocycles. The molecule has 1 aromatic heterocycles. The molecule has 8 heteroatoms. The number of aliphatic imine (C=N–C) groups is 1. The third-order valence-electron chi connectivity index (χ3n) is 5.52. The first-order chi connectivity index (χ1) is 13.2. The van der Waals surface area contributed by atoms with Crippen molar-refractivity contribution in [3.05, 3.63) is 24.4 Å². The first kappa shape index (κ1) is 23.2. The van der Waals surface area contributed by atoms with Crippen molar-refractivity contribution in [2.45, 2.75) is 44.2 Å². The first-order valence-corrected chi connectivity index (χ1v) is 10.1. The van der Waals surface area contributed by atoms with Gasteiger partial charge in [0, 0.05) is 65.0 Å². The lowest BCUT2D eigenvalue weighted by molar-refractivity contribution is -0.0828. The third kappa shape index (κ3) is 6.45. The molecule has 0 bridgehead atoms. The second-order valence-corrected chi connectivity index (χ2v) is 7.29. The molecule has 2 aliphatic rings. The van der Waals surface area contributed by atoms with Gasteiger partial charge in [-0.1, -0.05) is 6.07 Å². The molecule has 2 aliphatic heterocycles. The smallest absolute Gasteiger partial charge is 0.191 e. The summed E-state index contributed by atoms with van der Waals surface area (Å²) in [5.74, 6) is 1.95. The standard InChI is InChI=1S/C20H33N5O2.HI/c1-3-21-19(23-16-20(26-2)9-14-27-15-10-20)24-17-7-12-25(13-8-17)18-6-4-5-11-22-18;/h4-6,11,17H,3,7-10,12-16H2,1-2H3,(H2,21,23,24);1H. The highest BCUT2D eigenvalue weighted by atomic mass is 127. The van der Waals surface area contributed by atoms with Gasteiger partial charge in [-0.25, -0.2) is 4.98 Å². The van der Waals surface area contributed by atoms with E-state index in [9.17, 15) is 0 Å². The Morgan fingerprint density at radius 3 is 2.68 bits per heavy atom. The zero-order chi connectivity index (χ0) is 19.0. The fourth-order valence-corrected chi connectivity index (χ4v) is 3.70. The quantitative estimate of drug-likeness (QED) is 0.353. The van der Waals surface area contributed by atoms with Crippen LogP contribution in [-0.4, -0.2) is 69.1 Å². The number of piperidine rings is 1. The molecule has 3 rings (SSSR count). The zero-order valence-corrected chi connectivity index (χ0v) is 19.4. The van der Waals surface area contributed by atoms with Gasteiger partial charge in [0.05, 0.1) is 12.1 Å². The van der Waals surface area contributed by atoms with Crippen molar-refractivity contribution in [2.75, 3.05) is 51.4 Å². The Morgan fingerprint density at radius 2 is 2.07 bits per heavy atom. The highest BCUT2D eigenvalue weighted by Crippen LogP contribution is 2.24. The molecule has 28 heavy (non-hydrogen) atoms. The van der Waals surface area contributed by atoms with Crippen LogP contribution in [0.1, 0.15) is 32.6 Å². The second kappa shape index (κ2) is 11.8. The summed E-state index contributed by atoms with van der Waals surface area (Å²) in [4.78, 5) is 11.7. The minimum Gasteiger partial charge on any atom is -0.381 e. The number of guanidine groups is 1. The maximum Gasteiger partial charge on any atom is 0.191 e. The molecule has 7 nitrogen and oxygen atoms in total. The number of pyridine rings is 1. The van der Waals surface area contributed by atoms with Crippen LogP contribution in [-0.2, 0) is 9.47 Å². The van der Waals surface area contributed by atoms with Gasteiger partial charge in [-0.15, -0.1) is 24.0 Å². The number of halogens is 1. The summed E-state index contributed by atoms with van der Waals surface area (Å²) >= 11 is 0. The largest absolute Gasteiger partial charge is 0.381 e. The highest BCUT2D eigenvalue weighted by Gasteiger charge is 2.32. The monoisotopic (exact) mass is 503 g/mol. The van der Waals surface area contributed by atoms with E-state index in [1.165, 1.54) is 0 Å². The van der Waals surface area contributed by atoms with Crippen LogP contribution in [0.4, 0.5) is 5.82 Å². The topological polar surface area (TPSA) is 71.0 Å². The van der Waals surface area contributed by atoms with Gasteiger partial charge in [-0.2, -0.15) is 0 Å². The van der Waals surface area contributed by atoms with Gasteiger partial charge in [-0.3, -0.25) is 4.99 Å². The van der Waals surface area contributed by atoms with E-state index < -0.39 is 0 Å². The molecular formula is C20H34IN5O2. The fraction of sp³-hybridized carbons (Fsp3) is 0.700. The van der Waals surface area contributed by atoms with Crippen molar-refractivity contribution >= 4 is 35.8 Å². The number of nitrogens with zero attached hydrogens (tertiary/aromatic N) is 3. The van der Waals surface area contributed by atoms with Crippen molar-refractivity contribution in [2.24, 2.45) is 4.99 Å². The van der Waals surface area contributed by atoms with Gasteiger partial charge in [0.1, 0.15) is 5.82 Å². The highest BCUT2D eigenvalue weighted by molar-refractivity contribution is 14.0. The summed E-state index contributed by atoms with van der Waals surface area (Å²) in [5.41, 5.74) is -0.192. The Balaban J connectivity index is 0.00000280. The van der Waals surface area contributed by atoms with Crippen LogP contribution < -0.4 is 15.5 Å². The Morgan fingerprint density at radius 1 is 1.32 bits per heavy atom. The zero-order valence-electron chi connectivity index (χ0n) is 17.0. The van der Waals surface area contributed by atoms with Gasteiger partial charge in [0.2, 0.25) is 0 Å². The Kier molecular flexibility index (Phi) is 9.73. The van der Waals surface area contributed by atoms with Crippen molar-refractivity contribution in [1.29, 1.82) is 0 Å². The van der Waals surface area contributed by atoms with Crippen LogP contribution in [0.5, 0.6) is 0 Å². The maximum atomic E-state index is 5.80. The molecule has 158 valence electrons. The fourth-order valence-electron chi connectivity index (χ4n) is 3.70. The Hall–Kier alpha value is -1.13. The Bertz CT molecular complexity index is 588. The van der Waals surface area contributed by atoms with Gasteiger partial charge >= 0.3 is 0 Å². The van der Waals surface area contributed by atoms with Gasteiger partial charge in [0.15, 0.2) is 5.96 Å². The summed E-state index contributed by atoms with van der Waals surface area (Å²) in [5, 5.41) is 6.99. The van der Waals surface area contributed by atoms with E-state index in [1.807, 2.05) is 18.3 Å². The van der Waals surface area contributed by atoms with Crippen LogP contribution in [0.25, 0.3) is 0 Å². The van der Waals surface area contributed by atoms with Crippen molar-refractivity contribution in [1.82, 2.24) is 15.6 Å². The van der Waals surface area contributed by atoms with Crippen LogP contribution in [0.2, 0.25) is 0 Å². The van der Waals surface area contributed by atoms with E-state index in [0.717, 1.165) is 70.3 Å². The molecule has 0 amide bonds. The molecule has 0 atom stereocenters. The van der Waals surface area contributed by atoms with E-state index in [1.54, 1.807) is 7.11 Å². The summed E-state index contributed by atoms with van der Waals surface area (Å²) in [7, 11) is 1.79. The molecule has 1 aromatic rings. The van der Waals surface area contributed by atoms with Crippen LogP contribution in [0.15, 0.2) is 29.4 Å². The number of ether oxygens (including phenoxy) is 2. The van der Waals surface area contributed by atoms with Gasteiger partial charge in [0.25, 0.3) is 0 Å². The van der Waals surface area contributed by atoms with Gasteiger partial charge < -0.3 is 25.0 Å². The number of aromatic nitrogens is 1. The van der Waals surface area contributed by atoms with Crippen molar-refractivity contribution < 1.29 is 9.47 Å². The number of nitrogens with one attached hydrogen (secondary N) is 2. The normalized spacial score (nSPS) is 20.4. The number of anilines is 1. The predicted molar refractivity (Wildman–Crippen MR) is 124 cm³/mol. The number of hydrogen-bond acceptors (Lipinski definition) is 5. The molecule has 0 aromatic carbocycles. The number of hydrogen-bond donors (Lipinski definition) is 2. The van der Waals surface area contributed by atoms with E-state index in [0.29, 0.717) is 12.6 Å². The molecule has 3 heterocycles. The van der Waals surface area contributed by atoms with Crippen LogP contribution in [0.3, 0.4) is 0 Å². The average molecular weight is 503 g/mol. The number of rotatable bonds is 6. The molecule has 2 N–H and O–H groups in total. The molecule has 0 radical (unpaired) electrons. The summed E-state index contributed by atoms with van der Waals surface area (Å²) in [6.45, 7) is 7.12. The summed E-state index contributed by atoms with van der Waals surface area (Å²) < 4.78 is 11.3. The van der Waals surface area contributed by atoms with E-state index in [2.05, 4.69) is 33.5 Å². The Labute approximate surface area is 185 Å². The lowest BCUT2D eigenvalue weighted by Gasteiger charge is -2.35. The predicted octanol–water partition coefficient (Wildman–Crippen LogP) is 2.42. The molecule has 0 spiro atoms. The lowest BCUT2D eigenvalue weighted by Crippen LogP contribution is -2.50. The van der Waals surface area contributed by atoms with Gasteiger partial charge in [-0.05, 0) is 31.9 Å². The minimum absolute atomic E-state index is 0. The second-order valence-electron chi connectivity index (χ2n) is 7.29. The summed E-state index contributed by atoms with van der Waals surface area (Å²) in [6.07, 6.45) is 5.80. The van der Waals surface area contributed by atoms with E-state index in [4.69, 9.17) is 14.5 Å². The minimum atomic E-state index is -0.192. The lowest BCUT2D eigenvalue weighted by atomic mass is 9.94. The maximum absolute atomic E-state index is 5.80. The van der Waals surface area contributed by atoms with Crippen LogP contribution >= 0.6 is 24.0 Å². The van der Waals surface area contributed by atoms with E-state index >= 15 is 0 Å². The summed E-state index contributed by atoms with van der Waals surface area (Å²) in [6, 6.07) is 6.51. The molecule has 0 unspecified atom stereocenters. The molecule has 2 fully saturated rings. The number of methoxy groups -OCH3 is 1. The SMILES string of the molecule is CCNC(=NCC1(OC)CCOCC1)NC1CCN(c2ccccn2)CC1.I. The third-order valence-corrected chi connectivity index (χ3v) is 5.52. The van der Waals surface area contributed by atoms with Crippen molar-refractivity contribution in [3.8, 4) is 0 Å². The molecular weight excluding hydrogens is 469 g/mol. The van der Waals surface area contributed by atoms with Crippen LogP contribution in [0, 0.1) is 0 Å². The average Bonchev–Trinajstić information content (AvgIpc) is 2.74.